The molecule has 1 heterocycles. The quantitative estimate of drug-likeness (QED) is 0.525. The van der Waals surface area contributed by atoms with Crippen LogP contribution in [0.5, 0.6) is 5.75 Å². The van der Waals surface area contributed by atoms with Crippen molar-refractivity contribution in [1.82, 2.24) is 10.2 Å². The first-order valence-electron chi connectivity index (χ1n) is 8.40. The third-order valence-electron chi connectivity index (χ3n) is 4.41. The van der Waals surface area contributed by atoms with Gasteiger partial charge in [-0.15, -0.1) is 0 Å². The minimum Gasteiger partial charge on any atom is -0.495 e. The summed E-state index contributed by atoms with van der Waals surface area (Å²) >= 11 is 0. The van der Waals surface area contributed by atoms with Crippen LogP contribution in [0.25, 0.3) is 0 Å². The number of hydrogen-bond acceptors (Lipinski definition) is 7. The van der Waals surface area contributed by atoms with Crippen molar-refractivity contribution in [2.45, 2.75) is 18.9 Å². The maximum Gasteiger partial charge on any atom is 0.271 e. The van der Waals surface area contributed by atoms with Gasteiger partial charge in [-0.3, -0.25) is 19.2 Å². The number of nitro benzene ring substituents is 1. The number of nitro groups is 1. The number of hydrogen-bond donors (Lipinski definition) is 1. The second kappa shape index (κ2) is 8.53. The molecule has 0 saturated carbocycles. The van der Waals surface area contributed by atoms with E-state index in [1.165, 1.54) is 19.2 Å². The van der Waals surface area contributed by atoms with Crippen molar-refractivity contribution >= 4 is 27.3 Å². The number of piperidine rings is 1. The van der Waals surface area contributed by atoms with Crippen LogP contribution in [0.4, 0.5) is 11.4 Å². The normalized spacial score (nSPS) is 16.0. The molecule has 0 bridgehead atoms. The molecule has 0 aromatic heterocycles. The lowest BCUT2D eigenvalue weighted by atomic mass is 10.1. The number of carbonyl (C=O) groups is 1. The molecule has 1 aliphatic rings. The maximum absolute atomic E-state index is 12.4. The van der Waals surface area contributed by atoms with Gasteiger partial charge in [0.25, 0.3) is 5.69 Å². The summed E-state index contributed by atoms with van der Waals surface area (Å²) < 4.78 is 30.5. The van der Waals surface area contributed by atoms with E-state index < -0.39 is 27.4 Å². The summed E-state index contributed by atoms with van der Waals surface area (Å²) in [6.45, 7) is 1.21. The highest BCUT2D eigenvalue weighted by Crippen LogP contribution is 2.33. The van der Waals surface area contributed by atoms with E-state index in [1.54, 1.807) is 0 Å². The van der Waals surface area contributed by atoms with Crippen LogP contribution in [-0.2, 0) is 14.8 Å². The van der Waals surface area contributed by atoms with Crippen LogP contribution < -0.4 is 14.4 Å². The lowest BCUT2D eigenvalue weighted by Gasteiger charge is -2.30. The molecule has 1 fully saturated rings. The lowest BCUT2D eigenvalue weighted by molar-refractivity contribution is -0.384. The molecule has 27 heavy (non-hydrogen) atoms. The molecule has 2 rings (SSSR count). The molecule has 1 aromatic rings. The van der Waals surface area contributed by atoms with E-state index in [0.717, 1.165) is 42.6 Å². The van der Waals surface area contributed by atoms with E-state index in [2.05, 4.69) is 10.2 Å². The predicted octanol–water partition coefficient (Wildman–Crippen LogP) is 0.580. The molecule has 1 aromatic carbocycles. The molecule has 11 heteroatoms. The number of anilines is 1. The van der Waals surface area contributed by atoms with Gasteiger partial charge in [0.2, 0.25) is 15.9 Å². The number of sulfonamides is 1. The number of benzene rings is 1. The van der Waals surface area contributed by atoms with Gasteiger partial charge in [-0.2, -0.15) is 0 Å². The van der Waals surface area contributed by atoms with Crippen molar-refractivity contribution in [3.05, 3.63) is 28.3 Å². The fourth-order valence-corrected chi connectivity index (χ4v) is 3.78. The van der Waals surface area contributed by atoms with E-state index in [4.69, 9.17) is 4.74 Å². The largest absolute Gasteiger partial charge is 0.495 e. The van der Waals surface area contributed by atoms with Crippen molar-refractivity contribution in [2.75, 3.05) is 44.4 Å². The Morgan fingerprint density at radius 2 is 2.04 bits per heavy atom. The van der Waals surface area contributed by atoms with E-state index in [9.17, 15) is 23.3 Å². The molecule has 0 radical (unpaired) electrons. The molecule has 0 unspecified atom stereocenters. The predicted molar refractivity (Wildman–Crippen MR) is 100 cm³/mol. The zero-order valence-electron chi connectivity index (χ0n) is 15.5. The number of ether oxygens (including phenoxy) is 1. The smallest absolute Gasteiger partial charge is 0.271 e. The number of non-ortho nitro benzene ring substituents is 1. The average Bonchev–Trinajstić information content (AvgIpc) is 2.60. The molecule has 10 nitrogen and oxygen atoms in total. The van der Waals surface area contributed by atoms with Crippen LogP contribution in [0.1, 0.15) is 12.8 Å². The van der Waals surface area contributed by atoms with Crippen LogP contribution in [0, 0.1) is 10.1 Å². The van der Waals surface area contributed by atoms with E-state index in [0.29, 0.717) is 0 Å². The summed E-state index contributed by atoms with van der Waals surface area (Å²) in [7, 11) is -0.555. The topological polar surface area (TPSA) is 122 Å². The Labute approximate surface area is 158 Å². The van der Waals surface area contributed by atoms with Gasteiger partial charge >= 0.3 is 0 Å². The first-order chi connectivity index (χ1) is 12.6. The number of carbonyl (C=O) groups excluding carboxylic acids is 1. The number of methoxy groups -OCH3 is 1. The zero-order chi connectivity index (χ0) is 20.2. The van der Waals surface area contributed by atoms with Crippen molar-refractivity contribution in [2.24, 2.45) is 0 Å². The maximum atomic E-state index is 12.4. The summed E-state index contributed by atoms with van der Waals surface area (Å²) in [6, 6.07) is 3.58. The molecule has 0 atom stereocenters. The highest BCUT2D eigenvalue weighted by atomic mass is 32.2. The minimum atomic E-state index is -3.88. The third kappa shape index (κ3) is 5.54. The first kappa shape index (κ1) is 20.9. The van der Waals surface area contributed by atoms with E-state index in [-0.39, 0.29) is 23.2 Å². The van der Waals surface area contributed by atoms with Crippen LogP contribution in [-0.4, -0.2) is 70.2 Å². The van der Waals surface area contributed by atoms with Crippen molar-refractivity contribution in [3.8, 4) is 5.75 Å². The van der Waals surface area contributed by atoms with Crippen LogP contribution in [0.3, 0.4) is 0 Å². The first-order valence-corrected chi connectivity index (χ1v) is 10.2. The van der Waals surface area contributed by atoms with Gasteiger partial charge < -0.3 is 15.0 Å². The molecule has 1 N–H and O–H groups in total. The highest BCUT2D eigenvalue weighted by molar-refractivity contribution is 7.92. The van der Waals surface area contributed by atoms with Crippen molar-refractivity contribution in [1.29, 1.82) is 0 Å². The zero-order valence-corrected chi connectivity index (χ0v) is 16.4. The molecule has 0 aliphatic carbocycles. The molecular formula is C16H24N4O6S. The second-order valence-corrected chi connectivity index (χ2v) is 8.43. The van der Waals surface area contributed by atoms with Crippen LogP contribution in [0.2, 0.25) is 0 Å². The molecule has 1 amide bonds. The fourth-order valence-electron chi connectivity index (χ4n) is 2.92. The Bertz CT molecular complexity index is 805. The number of nitrogens with one attached hydrogen (secondary N) is 1. The van der Waals surface area contributed by atoms with Gasteiger partial charge in [0, 0.05) is 18.2 Å². The second-order valence-electron chi connectivity index (χ2n) is 6.53. The number of amides is 1. The van der Waals surface area contributed by atoms with Gasteiger partial charge in [0.1, 0.15) is 18.0 Å². The van der Waals surface area contributed by atoms with E-state index >= 15 is 0 Å². The highest BCUT2D eigenvalue weighted by Gasteiger charge is 2.27. The monoisotopic (exact) mass is 400 g/mol. The molecule has 150 valence electrons. The van der Waals surface area contributed by atoms with Gasteiger partial charge in [0.15, 0.2) is 0 Å². The Morgan fingerprint density at radius 1 is 1.41 bits per heavy atom. The molecular weight excluding hydrogens is 376 g/mol. The summed E-state index contributed by atoms with van der Waals surface area (Å²) in [5.41, 5.74) is -0.345. The van der Waals surface area contributed by atoms with E-state index in [1.807, 2.05) is 7.05 Å². The number of rotatable bonds is 7. The Morgan fingerprint density at radius 3 is 2.56 bits per heavy atom. The van der Waals surface area contributed by atoms with Gasteiger partial charge in [-0.05, 0) is 39.0 Å². The van der Waals surface area contributed by atoms with Crippen LogP contribution >= 0.6 is 0 Å². The lowest BCUT2D eigenvalue weighted by Crippen LogP contribution is -2.47. The van der Waals surface area contributed by atoms with Crippen LogP contribution in [0.15, 0.2) is 18.2 Å². The molecule has 1 aliphatic heterocycles. The molecule has 1 saturated heterocycles. The van der Waals surface area contributed by atoms with Crippen molar-refractivity contribution in [3.63, 3.8) is 0 Å². The summed E-state index contributed by atoms with van der Waals surface area (Å²) in [4.78, 5) is 25.0. The SMILES string of the molecule is COc1ccc([N+](=O)[O-])cc1N(CC(=O)NC1CCN(C)CC1)S(C)(=O)=O. The standard InChI is InChI=1S/C16H24N4O6S/c1-18-8-6-12(7-9-18)17-16(21)11-19(27(3,24)25)14-10-13(20(22)23)4-5-15(14)26-2/h4-5,10,12H,6-9,11H2,1-3H3,(H,17,21). The average molecular weight is 400 g/mol. The summed E-state index contributed by atoms with van der Waals surface area (Å²) in [5, 5.41) is 13.9. The number of likely N-dealkylation sites (tertiary alicyclic amines) is 1. The minimum absolute atomic E-state index is 0.0258. The van der Waals surface area contributed by atoms with Gasteiger partial charge in [-0.1, -0.05) is 0 Å². The summed E-state index contributed by atoms with van der Waals surface area (Å²) in [6.07, 6.45) is 2.50. The van der Waals surface area contributed by atoms with Crippen molar-refractivity contribution < 1.29 is 22.9 Å². The fraction of sp³-hybridized carbons (Fsp3) is 0.562. The Kier molecular flexibility index (Phi) is 6.60. The van der Waals surface area contributed by atoms with Gasteiger partial charge in [-0.25, -0.2) is 8.42 Å². The summed E-state index contributed by atoms with van der Waals surface area (Å²) in [5.74, 6) is -0.346. The number of nitrogens with zero attached hydrogens (tertiary/aromatic N) is 3. The molecule has 0 spiro atoms. The van der Waals surface area contributed by atoms with Gasteiger partial charge in [0.05, 0.1) is 18.3 Å². The Hall–Kier alpha value is -2.40. The Balaban J connectivity index is 2.24. The third-order valence-corrected chi connectivity index (χ3v) is 5.54.